The van der Waals surface area contributed by atoms with Crippen LogP contribution in [0.3, 0.4) is 0 Å². The van der Waals surface area contributed by atoms with E-state index in [4.69, 9.17) is 14.6 Å². The van der Waals surface area contributed by atoms with Gasteiger partial charge >= 0.3 is 5.69 Å². The predicted octanol–water partition coefficient (Wildman–Crippen LogP) is 1.67. The number of hydrogen-bond donors (Lipinski definition) is 1. The summed E-state index contributed by atoms with van der Waals surface area (Å²) in [4.78, 5) is 22.7. The molecule has 8 heteroatoms. The molecule has 0 amide bonds. The monoisotopic (exact) mass is 352 g/mol. The first-order chi connectivity index (χ1) is 12.2. The molecule has 1 aliphatic heterocycles. The van der Waals surface area contributed by atoms with Crippen LogP contribution in [0.5, 0.6) is 0 Å². The van der Waals surface area contributed by atoms with E-state index < -0.39 is 18.2 Å². The van der Waals surface area contributed by atoms with E-state index in [0.717, 1.165) is 38.8 Å². The van der Waals surface area contributed by atoms with E-state index in [2.05, 4.69) is 28.7 Å². The van der Waals surface area contributed by atoms with Gasteiger partial charge in [-0.25, -0.2) is 9.79 Å². The Morgan fingerprint density at radius 3 is 2.68 bits per heavy atom. The Hall–Kier alpha value is -1.77. The molecular formula is C17H28N4O4. The van der Waals surface area contributed by atoms with Crippen molar-refractivity contribution in [3.63, 3.8) is 0 Å². The van der Waals surface area contributed by atoms with Gasteiger partial charge in [0.25, 0.3) is 0 Å². The first kappa shape index (κ1) is 19.6. The SMILES string of the molecule is CCCCN(C=Nc1ccn(C2COC(CO)O2)c(=O)n1)CCCC. The number of hydrogen-bond acceptors (Lipinski definition) is 6. The molecule has 0 bridgehead atoms. The van der Waals surface area contributed by atoms with Gasteiger partial charge in [0, 0.05) is 19.3 Å². The molecule has 2 atom stereocenters. The number of rotatable bonds is 10. The summed E-state index contributed by atoms with van der Waals surface area (Å²) in [6, 6.07) is 1.67. The van der Waals surface area contributed by atoms with Gasteiger partial charge < -0.3 is 19.5 Å². The molecule has 25 heavy (non-hydrogen) atoms. The highest BCUT2D eigenvalue weighted by atomic mass is 16.7. The summed E-state index contributed by atoms with van der Waals surface area (Å²) in [5.74, 6) is 0.372. The second kappa shape index (κ2) is 10.3. The van der Waals surface area contributed by atoms with Crippen molar-refractivity contribution in [1.82, 2.24) is 14.5 Å². The number of ether oxygens (including phenoxy) is 2. The highest BCUT2D eigenvalue weighted by Gasteiger charge is 2.27. The van der Waals surface area contributed by atoms with Crippen LogP contribution in [-0.2, 0) is 9.47 Å². The largest absolute Gasteiger partial charge is 0.391 e. The van der Waals surface area contributed by atoms with Gasteiger partial charge in [0.05, 0.1) is 19.6 Å². The number of aliphatic imine (C=N–C) groups is 1. The number of aliphatic hydroxyl groups is 1. The third-order valence-electron chi connectivity index (χ3n) is 3.96. The Labute approximate surface area is 148 Å². The molecule has 0 radical (unpaired) electrons. The average Bonchev–Trinajstić information content (AvgIpc) is 3.10. The summed E-state index contributed by atoms with van der Waals surface area (Å²) < 4.78 is 12.0. The van der Waals surface area contributed by atoms with Crippen LogP contribution >= 0.6 is 0 Å². The lowest BCUT2D eigenvalue weighted by atomic mass is 10.3. The van der Waals surface area contributed by atoms with E-state index in [1.165, 1.54) is 4.57 Å². The second-order valence-electron chi connectivity index (χ2n) is 6.00. The number of aromatic nitrogens is 2. The van der Waals surface area contributed by atoms with Crippen LogP contribution in [-0.4, -0.2) is 58.5 Å². The zero-order valence-corrected chi connectivity index (χ0v) is 15.0. The highest BCUT2D eigenvalue weighted by molar-refractivity contribution is 5.59. The third-order valence-corrected chi connectivity index (χ3v) is 3.96. The van der Waals surface area contributed by atoms with Crippen LogP contribution in [0.25, 0.3) is 0 Å². The predicted molar refractivity (Wildman–Crippen MR) is 95.0 cm³/mol. The maximum Gasteiger partial charge on any atom is 0.351 e. The summed E-state index contributed by atoms with van der Waals surface area (Å²) in [6.07, 6.45) is 6.57. The molecule has 1 aromatic heterocycles. The van der Waals surface area contributed by atoms with Crippen LogP contribution in [0.1, 0.15) is 45.8 Å². The summed E-state index contributed by atoms with van der Waals surface area (Å²) in [5, 5.41) is 9.01. The molecule has 140 valence electrons. The maximum atomic E-state index is 12.2. The van der Waals surface area contributed by atoms with Crippen molar-refractivity contribution in [3.8, 4) is 0 Å². The summed E-state index contributed by atoms with van der Waals surface area (Å²) in [6.45, 7) is 6.18. The minimum absolute atomic E-state index is 0.206. The Bertz CT molecular complexity index is 597. The first-order valence-corrected chi connectivity index (χ1v) is 8.93. The molecule has 0 aliphatic carbocycles. The third kappa shape index (κ3) is 5.91. The van der Waals surface area contributed by atoms with Gasteiger partial charge in [-0.1, -0.05) is 26.7 Å². The molecule has 1 aliphatic rings. The topological polar surface area (TPSA) is 89.2 Å². The maximum absolute atomic E-state index is 12.2. The van der Waals surface area contributed by atoms with Crippen molar-refractivity contribution < 1.29 is 14.6 Å². The Morgan fingerprint density at radius 2 is 2.12 bits per heavy atom. The Kier molecular flexibility index (Phi) is 8.03. The fourth-order valence-electron chi connectivity index (χ4n) is 2.47. The van der Waals surface area contributed by atoms with Crippen LogP contribution in [0.15, 0.2) is 22.1 Å². The number of unbranched alkanes of at least 4 members (excludes halogenated alkanes) is 2. The lowest BCUT2D eigenvalue weighted by Crippen LogP contribution is -2.28. The molecule has 1 saturated heterocycles. The zero-order valence-electron chi connectivity index (χ0n) is 15.0. The molecule has 2 rings (SSSR count). The highest BCUT2D eigenvalue weighted by Crippen LogP contribution is 2.19. The molecule has 0 spiro atoms. The van der Waals surface area contributed by atoms with Crippen molar-refractivity contribution in [2.45, 2.75) is 52.0 Å². The van der Waals surface area contributed by atoms with E-state index in [0.29, 0.717) is 5.82 Å². The Balaban J connectivity index is 2.02. The first-order valence-electron chi connectivity index (χ1n) is 8.93. The van der Waals surface area contributed by atoms with E-state index in [-0.39, 0.29) is 13.2 Å². The number of aliphatic hydroxyl groups excluding tert-OH is 1. The number of nitrogens with zero attached hydrogens (tertiary/aromatic N) is 4. The normalized spacial score (nSPS) is 20.4. The standard InChI is InChI=1S/C17H28N4O4/c1-3-5-8-20(9-6-4-2)13-18-14-7-10-21(17(23)19-14)15-12-24-16(11-22)25-15/h7,10,13,15-16,22H,3-6,8-9,11-12H2,1-2H3. The lowest BCUT2D eigenvalue weighted by molar-refractivity contribution is -0.0992. The molecule has 1 N–H and O–H groups in total. The fraction of sp³-hybridized carbons (Fsp3) is 0.706. The van der Waals surface area contributed by atoms with Crippen LogP contribution in [0.4, 0.5) is 5.82 Å². The summed E-state index contributed by atoms with van der Waals surface area (Å²) >= 11 is 0. The molecule has 1 aromatic rings. The second-order valence-corrected chi connectivity index (χ2v) is 6.00. The smallest absolute Gasteiger partial charge is 0.351 e. The molecule has 1 fully saturated rings. The minimum atomic E-state index is -0.694. The van der Waals surface area contributed by atoms with Gasteiger partial charge in [-0.2, -0.15) is 4.98 Å². The van der Waals surface area contributed by atoms with Gasteiger partial charge in [-0.15, -0.1) is 0 Å². The summed E-state index contributed by atoms with van der Waals surface area (Å²) in [5.41, 5.74) is -0.449. The van der Waals surface area contributed by atoms with Crippen molar-refractivity contribution >= 4 is 12.2 Å². The molecule has 8 nitrogen and oxygen atoms in total. The van der Waals surface area contributed by atoms with Crippen LogP contribution in [0, 0.1) is 0 Å². The van der Waals surface area contributed by atoms with Crippen molar-refractivity contribution in [1.29, 1.82) is 0 Å². The molecule has 0 saturated carbocycles. The zero-order chi connectivity index (χ0) is 18.1. The van der Waals surface area contributed by atoms with Crippen molar-refractivity contribution in [2.24, 2.45) is 4.99 Å². The molecule has 2 heterocycles. The van der Waals surface area contributed by atoms with Crippen LogP contribution < -0.4 is 5.69 Å². The van der Waals surface area contributed by atoms with E-state index in [1.807, 2.05) is 0 Å². The summed E-state index contributed by atoms with van der Waals surface area (Å²) in [7, 11) is 0. The average molecular weight is 352 g/mol. The van der Waals surface area contributed by atoms with Crippen LogP contribution in [0.2, 0.25) is 0 Å². The van der Waals surface area contributed by atoms with Gasteiger partial charge in [-0.05, 0) is 18.9 Å². The van der Waals surface area contributed by atoms with E-state index >= 15 is 0 Å². The quantitative estimate of drug-likeness (QED) is 0.509. The van der Waals surface area contributed by atoms with Gasteiger partial charge in [0.1, 0.15) is 0 Å². The fourth-order valence-corrected chi connectivity index (χ4v) is 2.47. The minimum Gasteiger partial charge on any atom is -0.391 e. The molecule has 0 aromatic carbocycles. The van der Waals surface area contributed by atoms with E-state index in [9.17, 15) is 4.79 Å². The Morgan fingerprint density at radius 1 is 1.40 bits per heavy atom. The van der Waals surface area contributed by atoms with Crippen molar-refractivity contribution in [2.75, 3.05) is 26.3 Å². The lowest BCUT2D eigenvalue weighted by Gasteiger charge is -2.18. The van der Waals surface area contributed by atoms with Gasteiger partial charge in [0.15, 0.2) is 18.3 Å². The molecule has 2 unspecified atom stereocenters. The van der Waals surface area contributed by atoms with E-state index in [1.54, 1.807) is 18.6 Å². The van der Waals surface area contributed by atoms with Gasteiger partial charge in [0.2, 0.25) is 0 Å². The molecular weight excluding hydrogens is 324 g/mol. The van der Waals surface area contributed by atoms with Gasteiger partial charge in [-0.3, -0.25) is 4.57 Å². The van der Waals surface area contributed by atoms with Crippen molar-refractivity contribution in [3.05, 3.63) is 22.7 Å².